The summed E-state index contributed by atoms with van der Waals surface area (Å²) in [7, 11) is 6.10. The van der Waals surface area contributed by atoms with Gasteiger partial charge in [-0.1, -0.05) is 51.6 Å². The van der Waals surface area contributed by atoms with Crippen molar-refractivity contribution in [3.63, 3.8) is 0 Å². The second-order valence-electron chi connectivity index (χ2n) is 8.72. The van der Waals surface area contributed by atoms with E-state index in [1.165, 1.54) is 38.4 Å². The number of ether oxygens (including phenoxy) is 1. The van der Waals surface area contributed by atoms with E-state index in [1.807, 2.05) is 6.92 Å². The minimum atomic E-state index is 0.222. The normalized spacial score (nSPS) is 14.8. The van der Waals surface area contributed by atoms with Gasteiger partial charge in [0.05, 0.1) is 18.6 Å². The third-order valence-electron chi connectivity index (χ3n) is 5.79. The summed E-state index contributed by atoms with van der Waals surface area (Å²) in [4.78, 5) is 13.0. The van der Waals surface area contributed by atoms with Crippen LogP contribution in [0.3, 0.4) is 0 Å². The number of unbranched alkanes of at least 4 members (excludes halogenated alkanes) is 2. The molecule has 0 aromatic heterocycles. The zero-order valence-corrected chi connectivity index (χ0v) is 23.6. The quantitative estimate of drug-likeness (QED) is 0.103. The molecular formula is C26H51ClN6O. The zero-order chi connectivity index (χ0) is 25.8. The Balaban J connectivity index is 5.20. The maximum Gasteiger partial charge on any atom is 0.145 e. The average molecular weight is 499 g/mol. The second-order valence-corrected chi connectivity index (χ2v) is 9.13. The molecule has 0 aliphatic rings. The van der Waals surface area contributed by atoms with E-state index < -0.39 is 0 Å². The molecule has 0 unspecified atom stereocenters. The van der Waals surface area contributed by atoms with Gasteiger partial charge in [0.15, 0.2) is 0 Å². The standard InChI is InChI=1S/C26H51ClN6O/c1-8-12-13-16-32(6)17-14-18-33(7)22(10-3)19-25(34-11-4)24(15-9-2)30-21-31-26(28)23(27)20-29-5/h20-22H,8-19,28H2,1-7H3,(H,30,31)/b25-24-,26-23+,29-20-/t22-/m1/s1. The van der Waals surface area contributed by atoms with Crippen molar-refractivity contribution in [2.24, 2.45) is 15.7 Å². The van der Waals surface area contributed by atoms with Gasteiger partial charge in [-0.2, -0.15) is 0 Å². The maximum absolute atomic E-state index is 6.11. The molecule has 0 aromatic carbocycles. The summed E-state index contributed by atoms with van der Waals surface area (Å²) >= 11 is 6.05. The fourth-order valence-electron chi connectivity index (χ4n) is 3.75. The van der Waals surface area contributed by atoms with Gasteiger partial charge in [0.25, 0.3) is 0 Å². The van der Waals surface area contributed by atoms with Crippen molar-refractivity contribution in [1.82, 2.24) is 15.1 Å². The third kappa shape index (κ3) is 14.6. The van der Waals surface area contributed by atoms with Crippen molar-refractivity contribution in [1.29, 1.82) is 0 Å². The molecule has 0 rings (SSSR count). The fourth-order valence-corrected chi connectivity index (χ4v) is 3.89. The number of hydrogen-bond donors (Lipinski definition) is 2. The van der Waals surface area contributed by atoms with Crippen LogP contribution in [0.5, 0.6) is 0 Å². The zero-order valence-electron chi connectivity index (χ0n) is 22.9. The molecule has 7 nitrogen and oxygen atoms in total. The molecule has 0 radical (unpaired) electrons. The highest BCUT2D eigenvalue weighted by Crippen LogP contribution is 2.20. The Hall–Kier alpha value is -1.57. The van der Waals surface area contributed by atoms with E-state index in [1.54, 1.807) is 13.4 Å². The highest BCUT2D eigenvalue weighted by molar-refractivity contribution is 6.39. The summed E-state index contributed by atoms with van der Waals surface area (Å²) < 4.78 is 6.11. The Labute approximate surface area is 214 Å². The topological polar surface area (TPSA) is 78.5 Å². The van der Waals surface area contributed by atoms with Crippen LogP contribution < -0.4 is 11.1 Å². The lowest BCUT2D eigenvalue weighted by molar-refractivity contribution is 0.163. The largest absolute Gasteiger partial charge is 0.496 e. The Morgan fingerprint density at radius 1 is 1.06 bits per heavy atom. The van der Waals surface area contributed by atoms with Crippen LogP contribution in [0.4, 0.5) is 0 Å². The first-order valence-electron chi connectivity index (χ1n) is 12.9. The van der Waals surface area contributed by atoms with Gasteiger partial charge in [0, 0.05) is 25.7 Å². The molecule has 1 atom stereocenters. The van der Waals surface area contributed by atoms with Crippen LogP contribution in [0.2, 0.25) is 0 Å². The first-order valence-corrected chi connectivity index (χ1v) is 13.3. The van der Waals surface area contributed by atoms with Gasteiger partial charge in [0.2, 0.25) is 0 Å². The fraction of sp³-hybridized carbons (Fsp3) is 0.769. The highest BCUT2D eigenvalue weighted by Gasteiger charge is 2.18. The highest BCUT2D eigenvalue weighted by atomic mass is 35.5. The third-order valence-corrected chi connectivity index (χ3v) is 6.09. The van der Waals surface area contributed by atoms with E-state index in [0.717, 1.165) is 50.2 Å². The molecule has 0 aromatic rings. The molecule has 0 aliphatic carbocycles. The minimum Gasteiger partial charge on any atom is -0.496 e. The molecule has 0 bridgehead atoms. The summed E-state index contributed by atoms with van der Waals surface area (Å²) in [5, 5.41) is 3.62. The molecule has 8 heteroatoms. The van der Waals surface area contributed by atoms with Crippen molar-refractivity contribution >= 4 is 24.2 Å². The van der Waals surface area contributed by atoms with Gasteiger partial charge in [-0.05, 0) is 66.3 Å². The first kappa shape index (κ1) is 32.4. The van der Waals surface area contributed by atoms with Crippen LogP contribution in [0.15, 0.2) is 32.3 Å². The number of halogens is 1. The number of aliphatic imine (C=N–C) groups is 2. The second kappa shape index (κ2) is 20.8. The SMILES string of the molecule is CCCCCN(C)CCCN(C)[C@H](CC)C/C(OCC)=C(\CCC)N/C=N/C(N)=C(Cl)\C=N/C. The van der Waals surface area contributed by atoms with Crippen LogP contribution >= 0.6 is 11.6 Å². The van der Waals surface area contributed by atoms with Gasteiger partial charge in [-0.25, -0.2) is 4.99 Å². The summed E-state index contributed by atoms with van der Waals surface area (Å²) in [5.74, 6) is 1.22. The van der Waals surface area contributed by atoms with Crippen LogP contribution in [-0.2, 0) is 4.74 Å². The van der Waals surface area contributed by atoms with E-state index in [2.05, 4.69) is 60.0 Å². The number of allylic oxidation sites excluding steroid dienone is 2. The lowest BCUT2D eigenvalue weighted by atomic mass is 10.1. The van der Waals surface area contributed by atoms with E-state index in [0.29, 0.717) is 17.7 Å². The van der Waals surface area contributed by atoms with Gasteiger partial charge in [0.1, 0.15) is 16.6 Å². The van der Waals surface area contributed by atoms with Crippen LogP contribution in [-0.4, -0.2) is 75.8 Å². The number of hydrogen-bond acceptors (Lipinski definition) is 6. The minimum absolute atomic E-state index is 0.222. The molecule has 0 aliphatic heterocycles. The van der Waals surface area contributed by atoms with E-state index in [9.17, 15) is 0 Å². The lowest BCUT2D eigenvalue weighted by Gasteiger charge is -2.29. The van der Waals surface area contributed by atoms with Crippen molar-refractivity contribution in [3.8, 4) is 0 Å². The van der Waals surface area contributed by atoms with Gasteiger partial charge >= 0.3 is 0 Å². The van der Waals surface area contributed by atoms with Crippen molar-refractivity contribution in [2.45, 2.75) is 85.1 Å². The van der Waals surface area contributed by atoms with Gasteiger partial charge in [-0.3, -0.25) is 4.99 Å². The number of nitrogens with one attached hydrogen (secondary N) is 1. The van der Waals surface area contributed by atoms with E-state index >= 15 is 0 Å². The molecule has 0 saturated heterocycles. The molecule has 0 spiro atoms. The first-order chi connectivity index (χ1) is 16.3. The van der Waals surface area contributed by atoms with E-state index in [4.69, 9.17) is 22.1 Å². The smallest absolute Gasteiger partial charge is 0.145 e. The molecule has 0 saturated carbocycles. The number of nitrogens with two attached hydrogens (primary N) is 1. The summed E-state index contributed by atoms with van der Waals surface area (Å²) in [5.41, 5.74) is 6.95. The van der Waals surface area contributed by atoms with Crippen LogP contribution in [0.1, 0.15) is 79.1 Å². The Morgan fingerprint density at radius 3 is 2.35 bits per heavy atom. The summed E-state index contributed by atoms with van der Waals surface area (Å²) in [6, 6.07) is 0.415. The predicted molar refractivity (Wildman–Crippen MR) is 150 cm³/mol. The Morgan fingerprint density at radius 2 is 1.76 bits per heavy atom. The average Bonchev–Trinajstić information content (AvgIpc) is 2.81. The lowest BCUT2D eigenvalue weighted by Crippen LogP contribution is -2.35. The van der Waals surface area contributed by atoms with Crippen molar-refractivity contribution in [2.75, 3.05) is 47.4 Å². The van der Waals surface area contributed by atoms with E-state index in [-0.39, 0.29) is 5.82 Å². The molecule has 34 heavy (non-hydrogen) atoms. The van der Waals surface area contributed by atoms with Crippen LogP contribution in [0, 0.1) is 0 Å². The molecule has 0 fully saturated rings. The Kier molecular flexibility index (Phi) is 19.8. The van der Waals surface area contributed by atoms with Crippen molar-refractivity contribution in [3.05, 3.63) is 22.3 Å². The number of rotatable bonds is 20. The molecule has 0 amide bonds. The predicted octanol–water partition coefficient (Wildman–Crippen LogP) is 5.33. The molecule has 3 N–H and O–H groups in total. The molecule has 0 heterocycles. The van der Waals surface area contributed by atoms with Crippen LogP contribution in [0.25, 0.3) is 0 Å². The monoisotopic (exact) mass is 498 g/mol. The van der Waals surface area contributed by atoms with Gasteiger partial charge in [-0.15, -0.1) is 0 Å². The summed E-state index contributed by atoms with van der Waals surface area (Å²) in [6.07, 6.45) is 11.9. The molecule has 198 valence electrons. The summed E-state index contributed by atoms with van der Waals surface area (Å²) in [6.45, 7) is 12.7. The Bertz CT molecular complexity index is 647. The number of nitrogens with zero attached hydrogens (tertiary/aromatic N) is 4. The van der Waals surface area contributed by atoms with Crippen molar-refractivity contribution < 1.29 is 4.74 Å². The van der Waals surface area contributed by atoms with Gasteiger partial charge < -0.3 is 25.6 Å². The maximum atomic E-state index is 6.11. The molecular weight excluding hydrogens is 448 g/mol.